The molecule has 0 amide bonds. The van der Waals surface area contributed by atoms with Crippen molar-refractivity contribution in [1.82, 2.24) is 0 Å². The Labute approximate surface area is 98.5 Å². The van der Waals surface area contributed by atoms with Crippen molar-refractivity contribution in [3.8, 4) is 5.75 Å². The fraction of sp³-hybridized carbons (Fsp3) is 0.111. The van der Waals surface area contributed by atoms with E-state index in [1.165, 1.54) is 0 Å². The molecule has 0 aliphatic heterocycles. The van der Waals surface area contributed by atoms with E-state index in [4.69, 9.17) is 11.6 Å². The molecule has 1 N–H and O–H groups in total. The standard InChI is InChI=1S/C9H6ClIOS/c10-3-5-1-7(12)9-6(11)4-13-8(9)2-5/h1-2,4,12H,3H2. The largest absolute Gasteiger partial charge is 0.507 e. The van der Waals surface area contributed by atoms with Crippen LogP contribution in [0.4, 0.5) is 0 Å². The Morgan fingerprint density at radius 3 is 2.92 bits per heavy atom. The Balaban J connectivity index is 2.79. The van der Waals surface area contributed by atoms with Gasteiger partial charge >= 0.3 is 0 Å². The quantitative estimate of drug-likeness (QED) is 0.622. The molecule has 1 heterocycles. The third kappa shape index (κ3) is 1.65. The van der Waals surface area contributed by atoms with E-state index in [1.807, 2.05) is 11.4 Å². The summed E-state index contributed by atoms with van der Waals surface area (Å²) in [6, 6.07) is 3.75. The van der Waals surface area contributed by atoms with Gasteiger partial charge in [0.25, 0.3) is 0 Å². The highest BCUT2D eigenvalue weighted by molar-refractivity contribution is 14.1. The summed E-state index contributed by atoms with van der Waals surface area (Å²) >= 11 is 9.55. The van der Waals surface area contributed by atoms with Crippen LogP contribution in [0, 0.1) is 3.57 Å². The van der Waals surface area contributed by atoms with Crippen molar-refractivity contribution < 1.29 is 5.11 Å². The topological polar surface area (TPSA) is 20.2 Å². The molecule has 0 saturated carbocycles. The molecule has 0 aliphatic carbocycles. The molecule has 1 aromatic carbocycles. The Hall–Kier alpha value is -0.000000000000000111. The molecule has 0 unspecified atom stereocenters. The number of halogens is 2. The molecule has 0 saturated heterocycles. The van der Waals surface area contributed by atoms with Gasteiger partial charge in [-0.1, -0.05) is 0 Å². The minimum absolute atomic E-state index is 0.332. The lowest BCUT2D eigenvalue weighted by Gasteiger charge is -1.99. The Morgan fingerprint density at radius 2 is 2.23 bits per heavy atom. The lowest BCUT2D eigenvalue weighted by atomic mass is 10.2. The second-order valence-electron chi connectivity index (χ2n) is 2.71. The van der Waals surface area contributed by atoms with Crippen LogP contribution in [0.1, 0.15) is 5.56 Å². The van der Waals surface area contributed by atoms with Gasteiger partial charge in [0, 0.05) is 24.9 Å². The van der Waals surface area contributed by atoms with Crippen molar-refractivity contribution in [2.45, 2.75) is 5.88 Å². The Kier molecular flexibility index (Phi) is 2.67. The number of fused-ring (bicyclic) bond motifs is 1. The molecule has 2 aromatic rings. The summed E-state index contributed by atoms with van der Waals surface area (Å²) in [6.07, 6.45) is 0. The maximum Gasteiger partial charge on any atom is 0.125 e. The molecular formula is C9H6ClIOS. The van der Waals surface area contributed by atoms with Crippen molar-refractivity contribution >= 4 is 55.6 Å². The van der Waals surface area contributed by atoms with Gasteiger partial charge in [-0.2, -0.15) is 0 Å². The number of hydrogen-bond donors (Lipinski definition) is 1. The highest BCUT2D eigenvalue weighted by Gasteiger charge is 2.07. The maximum atomic E-state index is 9.70. The fourth-order valence-corrected chi connectivity index (χ4v) is 3.43. The number of rotatable bonds is 1. The first-order chi connectivity index (χ1) is 6.22. The number of aromatic hydroxyl groups is 1. The van der Waals surface area contributed by atoms with E-state index in [-0.39, 0.29) is 0 Å². The van der Waals surface area contributed by atoms with Gasteiger partial charge in [-0.25, -0.2) is 0 Å². The van der Waals surface area contributed by atoms with Crippen LogP contribution in [-0.4, -0.2) is 5.11 Å². The average molecular weight is 325 g/mol. The van der Waals surface area contributed by atoms with Crippen LogP contribution in [0.15, 0.2) is 17.5 Å². The minimum atomic E-state index is 0.332. The zero-order valence-electron chi connectivity index (χ0n) is 6.55. The predicted octanol–water partition coefficient (Wildman–Crippen LogP) is 3.95. The molecule has 68 valence electrons. The SMILES string of the molecule is Oc1cc(CCl)cc2scc(I)c12. The fourth-order valence-electron chi connectivity index (χ4n) is 1.24. The lowest BCUT2D eigenvalue weighted by molar-refractivity contribution is 0.481. The van der Waals surface area contributed by atoms with E-state index in [1.54, 1.807) is 17.4 Å². The smallest absolute Gasteiger partial charge is 0.125 e. The predicted molar refractivity (Wildman–Crippen MR) is 65.8 cm³/mol. The van der Waals surface area contributed by atoms with E-state index in [2.05, 4.69) is 22.6 Å². The number of phenolic OH excluding ortho intramolecular Hbond substituents is 1. The summed E-state index contributed by atoms with van der Waals surface area (Å²) in [5.41, 5.74) is 0.963. The Morgan fingerprint density at radius 1 is 1.46 bits per heavy atom. The van der Waals surface area contributed by atoms with Crippen LogP contribution in [0.2, 0.25) is 0 Å². The summed E-state index contributed by atoms with van der Waals surface area (Å²) in [4.78, 5) is 0. The van der Waals surface area contributed by atoms with Crippen molar-refractivity contribution in [3.63, 3.8) is 0 Å². The van der Waals surface area contributed by atoms with Crippen LogP contribution in [0.5, 0.6) is 5.75 Å². The molecule has 0 spiro atoms. The second kappa shape index (κ2) is 3.63. The molecule has 13 heavy (non-hydrogen) atoms. The molecule has 0 atom stereocenters. The van der Waals surface area contributed by atoms with Gasteiger partial charge in [0.15, 0.2) is 0 Å². The molecule has 2 rings (SSSR count). The van der Waals surface area contributed by atoms with Gasteiger partial charge in [-0.05, 0) is 40.3 Å². The van der Waals surface area contributed by atoms with Crippen LogP contribution in [-0.2, 0) is 5.88 Å². The monoisotopic (exact) mass is 324 g/mol. The number of phenols is 1. The molecule has 1 aromatic heterocycles. The first kappa shape index (κ1) is 9.55. The van der Waals surface area contributed by atoms with E-state index in [0.717, 1.165) is 19.2 Å². The molecule has 0 radical (unpaired) electrons. The number of benzene rings is 1. The van der Waals surface area contributed by atoms with Gasteiger partial charge < -0.3 is 5.11 Å². The number of thiophene rings is 1. The molecular weight excluding hydrogens is 319 g/mol. The summed E-state index contributed by atoms with van der Waals surface area (Å²) < 4.78 is 2.19. The van der Waals surface area contributed by atoms with E-state index >= 15 is 0 Å². The molecule has 0 aliphatic rings. The normalized spacial score (nSPS) is 10.9. The summed E-state index contributed by atoms with van der Waals surface area (Å²) in [5, 5.41) is 12.7. The average Bonchev–Trinajstić information content (AvgIpc) is 2.48. The third-order valence-corrected chi connectivity index (χ3v) is 4.34. The van der Waals surface area contributed by atoms with Crippen LogP contribution in [0.25, 0.3) is 10.1 Å². The van der Waals surface area contributed by atoms with Crippen LogP contribution in [0.3, 0.4) is 0 Å². The van der Waals surface area contributed by atoms with Gasteiger partial charge in [0.05, 0.1) is 0 Å². The minimum Gasteiger partial charge on any atom is -0.507 e. The summed E-state index contributed by atoms with van der Waals surface area (Å²) in [6.45, 7) is 0. The van der Waals surface area contributed by atoms with Crippen molar-refractivity contribution in [2.24, 2.45) is 0 Å². The summed E-state index contributed by atoms with van der Waals surface area (Å²) in [5.74, 6) is 0.775. The van der Waals surface area contributed by atoms with Crippen molar-refractivity contribution in [1.29, 1.82) is 0 Å². The van der Waals surface area contributed by atoms with Gasteiger partial charge in [0.2, 0.25) is 0 Å². The molecule has 0 bridgehead atoms. The maximum absolute atomic E-state index is 9.70. The Bertz CT molecular complexity index is 452. The molecule has 1 nitrogen and oxygen atoms in total. The third-order valence-electron chi connectivity index (χ3n) is 1.82. The first-order valence-electron chi connectivity index (χ1n) is 3.67. The number of hydrogen-bond acceptors (Lipinski definition) is 2. The van der Waals surface area contributed by atoms with E-state index in [9.17, 15) is 5.11 Å². The zero-order chi connectivity index (χ0) is 9.42. The van der Waals surface area contributed by atoms with Gasteiger partial charge in [0.1, 0.15) is 5.75 Å². The molecule has 0 fully saturated rings. The number of alkyl halides is 1. The first-order valence-corrected chi connectivity index (χ1v) is 6.16. The van der Waals surface area contributed by atoms with Gasteiger partial charge in [-0.15, -0.1) is 22.9 Å². The zero-order valence-corrected chi connectivity index (χ0v) is 10.3. The highest BCUT2D eigenvalue weighted by atomic mass is 127. The van der Waals surface area contributed by atoms with E-state index in [0.29, 0.717) is 11.6 Å². The van der Waals surface area contributed by atoms with Crippen LogP contribution >= 0.6 is 45.5 Å². The second-order valence-corrected chi connectivity index (χ2v) is 5.05. The van der Waals surface area contributed by atoms with Crippen molar-refractivity contribution in [3.05, 3.63) is 26.6 Å². The lowest BCUT2D eigenvalue weighted by Crippen LogP contribution is -1.77. The highest BCUT2D eigenvalue weighted by Crippen LogP contribution is 2.35. The van der Waals surface area contributed by atoms with Gasteiger partial charge in [-0.3, -0.25) is 0 Å². The van der Waals surface area contributed by atoms with Crippen LogP contribution < -0.4 is 0 Å². The van der Waals surface area contributed by atoms with E-state index < -0.39 is 0 Å². The molecule has 4 heteroatoms. The summed E-state index contributed by atoms with van der Waals surface area (Å²) in [7, 11) is 0. The van der Waals surface area contributed by atoms with Crippen molar-refractivity contribution in [2.75, 3.05) is 0 Å².